The lowest BCUT2D eigenvalue weighted by Gasteiger charge is -2.25. The molecule has 2 aromatic rings. The van der Waals surface area contributed by atoms with Gasteiger partial charge in [0.05, 0.1) is 18.1 Å². The Balaban J connectivity index is 1.97. The van der Waals surface area contributed by atoms with Crippen LogP contribution in [0.5, 0.6) is 0 Å². The molecule has 1 aliphatic heterocycles. The van der Waals surface area contributed by atoms with Gasteiger partial charge in [-0.2, -0.15) is 0 Å². The van der Waals surface area contributed by atoms with Gasteiger partial charge in [-0.25, -0.2) is 0 Å². The van der Waals surface area contributed by atoms with Crippen molar-refractivity contribution in [3.63, 3.8) is 0 Å². The molecule has 0 amide bonds. The van der Waals surface area contributed by atoms with Crippen LogP contribution < -0.4 is 10.6 Å². The first-order valence-electron chi connectivity index (χ1n) is 5.80. The van der Waals surface area contributed by atoms with Crippen LogP contribution in [0.1, 0.15) is 16.5 Å². The van der Waals surface area contributed by atoms with Crippen LogP contribution in [0.2, 0.25) is 0 Å². The van der Waals surface area contributed by atoms with Crippen molar-refractivity contribution in [3.05, 3.63) is 46.4 Å². The summed E-state index contributed by atoms with van der Waals surface area (Å²) in [6.07, 6.45) is 1.89. The Labute approximate surface area is 110 Å². The highest BCUT2D eigenvalue weighted by atomic mass is 32.1. The fourth-order valence-electron chi connectivity index (χ4n) is 2.12. The van der Waals surface area contributed by atoms with Crippen molar-refractivity contribution in [3.8, 4) is 0 Å². The van der Waals surface area contributed by atoms with E-state index in [2.05, 4.69) is 46.1 Å². The molecule has 4 nitrogen and oxygen atoms in total. The summed E-state index contributed by atoms with van der Waals surface area (Å²) in [5.41, 5.74) is 10.2. The molecule has 0 aliphatic carbocycles. The van der Waals surface area contributed by atoms with Crippen molar-refractivity contribution in [1.82, 2.24) is 4.98 Å². The molecular formula is C13H14N4S. The van der Waals surface area contributed by atoms with Gasteiger partial charge < -0.3 is 10.6 Å². The van der Waals surface area contributed by atoms with Gasteiger partial charge in [-0.05, 0) is 19.1 Å². The molecule has 92 valence electrons. The third-order valence-corrected chi connectivity index (χ3v) is 3.95. The van der Waals surface area contributed by atoms with Crippen molar-refractivity contribution in [1.29, 1.82) is 0 Å². The van der Waals surface area contributed by atoms with E-state index in [0.29, 0.717) is 12.5 Å². The maximum atomic E-state index is 6.01. The van der Waals surface area contributed by atoms with Crippen molar-refractivity contribution >= 4 is 23.0 Å². The van der Waals surface area contributed by atoms with E-state index in [1.807, 2.05) is 11.7 Å². The van der Waals surface area contributed by atoms with Gasteiger partial charge in [0.15, 0.2) is 5.96 Å². The lowest BCUT2D eigenvalue weighted by molar-refractivity contribution is 0.782. The van der Waals surface area contributed by atoms with Crippen LogP contribution in [0.15, 0.2) is 41.0 Å². The SMILES string of the molecule is Cc1ccc(N2C(N)=NCC2c2cncs2)cc1. The number of nitrogens with zero attached hydrogens (tertiary/aromatic N) is 3. The van der Waals surface area contributed by atoms with Gasteiger partial charge in [0, 0.05) is 16.8 Å². The Bertz CT molecular complexity index is 559. The lowest BCUT2D eigenvalue weighted by Crippen LogP contribution is -2.35. The van der Waals surface area contributed by atoms with Gasteiger partial charge in [-0.15, -0.1) is 11.3 Å². The van der Waals surface area contributed by atoms with Crippen LogP contribution in [-0.4, -0.2) is 17.5 Å². The Morgan fingerprint density at radius 3 is 2.78 bits per heavy atom. The molecular weight excluding hydrogens is 244 g/mol. The first-order valence-corrected chi connectivity index (χ1v) is 6.68. The largest absolute Gasteiger partial charge is 0.369 e. The molecule has 18 heavy (non-hydrogen) atoms. The number of anilines is 1. The van der Waals surface area contributed by atoms with E-state index in [-0.39, 0.29) is 6.04 Å². The third kappa shape index (κ3) is 1.86. The smallest absolute Gasteiger partial charge is 0.196 e. The Morgan fingerprint density at radius 1 is 1.33 bits per heavy atom. The highest BCUT2D eigenvalue weighted by molar-refractivity contribution is 7.09. The molecule has 1 atom stereocenters. The molecule has 2 N–H and O–H groups in total. The zero-order valence-corrected chi connectivity index (χ0v) is 10.9. The van der Waals surface area contributed by atoms with Crippen LogP contribution >= 0.6 is 11.3 Å². The number of rotatable bonds is 2. The summed E-state index contributed by atoms with van der Waals surface area (Å²) in [6, 6.07) is 8.52. The van der Waals surface area contributed by atoms with Crippen LogP contribution in [-0.2, 0) is 0 Å². The minimum absolute atomic E-state index is 0.181. The monoisotopic (exact) mass is 258 g/mol. The molecule has 5 heteroatoms. The number of thiazole rings is 1. The summed E-state index contributed by atoms with van der Waals surface area (Å²) in [4.78, 5) is 11.8. The van der Waals surface area contributed by atoms with Gasteiger partial charge >= 0.3 is 0 Å². The van der Waals surface area contributed by atoms with E-state index in [1.54, 1.807) is 11.3 Å². The predicted molar refractivity (Wildman–Crippen MR) is 75.0 cm³/mol. The second kappa shape index (κ2) is 4.42. The molecule has 1 aliphatic rings. The van der Waals surface area contributed by atoms with Crippen LogP contribution in [0.3, 0.4) is 0 Å². The second-order valence-corrected chi connectivity index (χ2v) is 5.24. The molecule has 0 fully saturated rings. The number of aliphatic imine (C=N–C) groups is 1. The summed E-state index contributed by atoms with van der Waals surface area (Å²) in [5, 5.41) is 0. The topological polar surface area (TPSA) is 54.5 Å². The molecule has 0 saturated heterocycles. The van der Waals surface area contributed by atoms with Gasteiger partial charge in [-0.3, -0.25) is 9.98 Å². The average Bonchev–Trinajstić information content (AvgIpc) is 2.99. The maximum Gasteiger partial charge on any atom is 0.196 e. The van der Waals surface area contributed by atoms with Gasteiger partial charge in [0.2, 0.25) is 0 Å². The third-order valence-electron chi connectivity index (χ3n) is 3.08. The maximum absolute atomic E-state index is 6.01. The fraction of sp³-hybridized carbons (Fsp3) is 0.231. The minimum Gasteiger partial charge on any atom is -0.369 e. The molecule has 2 heterocycles. The molecule has 1 aromatic carbocycles. The number of aromatic nitrogens is 1. The molecule has 3 rings (SSSR count). The number of hydrogen-bond acceptors (Lipinski definition) is 5. The number of benzene rings is 1. The summed E-state index contributed by atoms with van der Waals surface area (Å²) >= 11 is 1.64. The van der Waals surface area contributed by atoms with Gasteiger partial charge in [-0.1, -0.05) is 17.7 Å². The van der Waals surface area contributed by atoms with Crippen molar-refractivity contribution < 1.29 is 0 Å². The van der Waals surface area contributed by atoms with Gasteiger partial charge in [0.1, 0.15) is 0 Å². The van der Waals surface area contributed by atoms with Crippen LogP contribution in [0.4, 0.5) is 5.69 Å². The lowest BCUT2D eigenvalue weighted by atomic mass is 10.1. The van der Waals surface area contributed by atoms with E-state index >= 15 is 0 Å². The minimum atomic E-state index is 0.181. The number of nitrogens with two attached hydrogens (primary N) is 1. The number of aryl methyl sites for hydroxylation is 1. The quantitative estimate of drug-likeness (QED) is 0.899. The average molecular weight is 258 g/mol. The van der Waals surface area contributed by atoms with E-state index in [9.17, 15) is 0 Å². The zero-order chi connectivity index (χ0) is 12.5. The second-order valence-electron chi connectivity index (χ2n) is 4.32. The number of hydrogen-bond donors (Lipinski definition) is 1. The summed E-state index contributed by atoms with van der Waals surface area (Å²) in [6.45, 7) is 2.77. The Kier molecular flexibility index (Phi) is 2.76. The fourth-order valence-corrected chi connectivity index (χ4v) is 2.82. The van der Waals surface area contributed by atoms with Crippen LogP contribution in [0.25, 0.3) is 0 Å². The van der Waals surface area contributed by atoms with Crippen molar-refractivity contribution in [2.75, 3.05) is 11.4 Å². The highest BCUT2D eigenvalue weighted by Crippen LogP contribution is 2.32. The van der Waals surface area contributed by atoms with Crippen molar-refractivity contribution in [2.45, 2.75) is 13.0 Å². The molecule has 0 bridgehead atoms. The summed E-state index contributed by atoms with van der Waals surface area (Å²) in [7, 11) is 0. The standard InChI is InChI=1S/C13H14N4S/c1-9-2-4-10(5-3-9)17-11(6-16-13(17)14)12-7-15-8-18-12/h2-5,7-8,11H,6H2,1H3,(H2,14,16). The van der Waals surface area contributed by atoms with E-state index < -0.39 is 0 Å². The highest BCUT2D eigenvalue weighted by Gasteiger charge is 2.29. The van der Waals surface area contributed by atoms with Crippen molar-refractivity contribution in [2.24, 2.45) is 10.7 Å². The molecule has 0 saturated carbocycles. The van der Waals surface area contributed by atoms with E-state index in [1.165, 1.54) is 10.4 Å². The first-order chi connectivity index (χ1) is 8.75. The Hall–Kier alpha value is -1.88. The van der Waals surface area contributed by atoms with Gasteiger partial charge in [0.25, 0.3) is 0 Å². The van der Waals surface area contributed by atoms with Crippen LogP contribution in [0, 0.1) is 6.92 Å². The molecule has 0 spiro atoms. The first kappa shape index (κ1) is 11.2. The molecule has 1 aromatic heterocycles. The molecule has 0 radical (unpaired) electrons. The zero-order valence-electron chi connectivity index (χ0n) is 10.1. The molecule has 1 unspecified atom stereocenters. The summed E-state index contributed by atoms with van der Waals surface area (Å²) < 4.78 is 0. The Morgan fingerprint density at radius 2 is 2.11 bits per heavy atom. The predicted octanol–water partition coefficient (Wildman–Crippen LogP) is 2.33. The summed E-state index contributed by atoms with van der Waals surface area (Å²) in [5.74, 6) is 0.581. The normalized spacial score (nSPS) is 19.1. The van der Waals surface area contributed by atoms with E-state index in [0.717, 1.165) is 5.69 Å². The number of guanidine groups is 1. The van der Waals surface area contributed by atoms with E-state index in [4.69, 9.17) is 5.73 Å².